The van der Waals surface area contributed by atoms with E-state index in [1.54, 1.807) is 36.5 Å². The lowest BCUT2D eigenvalue weighted by atomic mass is 9.90. The summed E-state index contributed by atoms with van der Waals surface area (Å²) < 4.78 is 11.2. The first-order valence-corrected chi connectivity index (χ1v) is 8.38. The first kappa shape index (κ1) is 23.0. The highest BCUT2D eigenvalue weighted by Gasteiger charge is 2.34. The molecule has 1 saturated heterocycles. The van der Waals surface area contributed by atoms with Crippen LogP contribution >= 0.6 is 24.8 Å². The monoisotopic (exact) mass is 413 g/mol. The molecule has 2 N–H and O–H groups in total. The van der Waals surface area contributed by atoms with Gasteiger partial charge in [-0.1, -0.05) is 13.0 Å². The van der Waals surface area contributed by atoms with Crippen molar-refractivity contribution in [2.45, 2.75) is 13.3 Å². The maximum absolute atomic E-state index is 12.3. The molecule has 1 aromatic heterocycles. The predicted octanol–water partition coefficient (Wildman–Crippen LogP) is 3.29. The van der Waals surface area contributed by atoms with Gasteiger partial charge in [-0.3, -0.25) is 4.79 Å². The van der Waals surface area contributed by atoms with E-state index in [2.05, 4.69) is 11.9 Å². The van der Waals surface area contributed by atoms with Gasteiger partial charge in [-0.05, 0) is 48.7 Å². The second-order valence-electron chi connectivity index (χ2n) is 6.61. The first-order valence-electron chi connectivity index (χ1n) is 8.38. The van der Waals surface area contributed by atoms with Crippen LogP contribution in [0.25, 0.3) is 0 Å². The highest BCUT2D eigenvalue weighted by atomic mass is 35.5. The SMILES string of the molecule is CC1(CN)CCN(C(=O)COc2ccc(Oc3ccccn3)cc2)C1.Cl.Cl. The summed E-state index contributed by atoms with van der Waals surface area (Å²) in [5.74, 6) is 1.81. The number of ether oxygens (including phenoxy) is 2. The van der Waals surface area contributed by atoms with Crippen molar-refractivity contribution in [2.24, 2.45) is 11.1 Å². The standard InChI is InChI=1S/C19H23N3O3.2ClH/c1-19(13-20)9-11-22(14-19)18(23)12-24-15-5-7-16(8-6-15)25-17-4-2-3-10-21-17;;/h2-8,10H,9,11-14,20H2,1H3;2*1H. The van der Waals surface area contributed by atoms with Crippen LogP contribution in [0, 0.1) is 5.41 Å². The number of nitrogens with two attached hydrogens (primary N) is 1. The molecule has 0 bridgehead atoms. The number of amides is 1. The Labute approximate surface area is 171 Å². The van der Waals surface area contributed by atoms with Crippen molar-refractivity contribution in [1.82, 2.24) is 9.88 Å². The van der Waals surface area contributed by atoms with Gasteiger partial charge in [0.1, 0.15) is 11.5 Å². The van der Waals surface area contributed by atoms with Gasteiger partial charge in [-0.25, -0.2) is 4.98 Å². The van der Waals surface area contributed by atoms with E-state index in [4.69, 9.17) is 15.2 Å². The minimum Gasteiger partial charge on any atom is -0.484 e. The summed E-state index contributed by atoms with van der Waals surface area (Å²) >= 11 is 0. The lowest BCUT2D eigenvalue weighted by Gasteiger charge is -2.22. The maximum Gasteiger partial charge on any atom is 0.260 e. The molecule has 27 heavy (non-hydrogen) atoms. The van der Waals surface area contributed by atoms with Gasteiger partial charge < -0.3 is 20.1 Å². The molecule has 1 unspecified atom stereocenters. The smallest absolute Gasteiger partial charge is 0.260 e. The Morgan fingerprint density at radius 3 is 2.48 bits per heavy atom. The lowest BCUT2D eigenvalue weighted by Crippen LogP contribution is -2.36. The summed E-state index contributed by atoms with van der Waals surface area (Å²) in [6.45, 7) is 4.17. The number of hydrogen-bond donors (Lipinski definition) is 1. The minimum atomic E-state index is -0.00835. The Balaban J connectivity index is 0.00000182. The molecule has 148 valence electrons. The van der Waals surface area contributed by atoms with Gasteiger partial charge in [0.2, 0.25) is 5.88 Å². The number of aromatic nitrogens is 1. The average molecular weight is 414 g/mol. The van der Waals surface area contributed by atoms with Crippen LogP contribution in [0.4, 0.5) is 0 Å². The molecule has 0 radical (unpaired) electrons. The third kappa shape index (κ3) is 6.27. The van der Waals surface area contributed by atoms with E-state index in [9.17, 15) is 4.79 Å². The summed E-state index contributed by atoms with van der Waals surface area (Å²) in [5.41, 5.74) is 5.81. The fraction of sp³-hybridized carbons (Fsp3) is 0.368. The molecule has 0 saturated carbocycles. The molecule has 1 amide bonds. The molecular weight excluding hydrogens is 389 g/mol. The van der Waals surface area contributed by atoms with Crippen molar-refractivity contribution in [1.29, 1.82) is 0 Å². The number of pyridine rings is 1. The Hall–Kier alpha value is -2.02. The van der Waals surface area contributed by atoms with Gasteiger partial charge >= 0.3 is 0 Å². The number of carbonyl (C=O) groups is 1. The summed E-state index contributed by atoms with van der Waals surface area (Å²) in [5, 5.41) is 0. The summed E-state index contributed by atoms with van der Waals surface area (Å²) in [6.07, 6.45) is 2.61. The van der Waals surface area contributed by atoms with Gasteiger partial charge in [0.05, 0.1) is 0 Å². The maximum atomic E-state index is 12.3. The first-order chi connectivity index (χ1) is 12.1. The average Bonchev–Trinajstić information content (AvgIpc) is 3.05. The van der Waals surface area contributed by atoms with E-state index < -0.39 is 0 Å². The number of rotatable bonds is 6. The molecule has 1 atom stereocenters. The van der Waals surface area contributed by atoms with Gasteiger partial charge in [0.25, 0.3) is 5.91 Å². The van der Waals surface area contributed by atoms with Crippen LogP contribution in [-0.2, 0) is 4.79 Å². The molecule has 1 aliphatic heterocycles. The van der Waals surface area contributed by atoms with Gasteiger partial charge in [0, 0.05) is 25.4 Å². The number of likely N-dealkylation sites (tertiary alicyclic amines) is 1. The van der Waals surface area contributed by atoms with E-state index in [1.807, 2.05) is 17.0 Å². The lowest BCUT2D eigenvalue weighted by molar-refractivity contribution is -0.132. The van der Waals surface area contributed by atoms with E-state index in [1.165, 1.54) is 0 Å². The van der Waals surface area contributed by atoms with Gasteiger partial charge in [0.15, 0.2) is 6.61 Å². The van der Waals surface area contributed by atoms with Crippen molar-refractivity contribution >= 4 is 30.7 Å². The fourth-order valence-electron chi connectivity index (χ4n) is 2.77. The van der Waals surface area contributed by atoms with Crippen molar-refractivity contribution < 1.29 is 14.3 Å². The normalized spacial score (nSPS) is 18.2. The molecule has 2 aromatic rings. The van der Waals surface area contributed by atoms with E-state index in [0.717, 1.165) is 13.0 Å². The molecule has 1 aromatic carbocycles. The largest absolute Gasteiger partial charge is 0.484 e. The number of hydrogen-bond acceptors (Lipinski definition) is 5. The van der Waals surface area contributed by atoms with Crippen LogP contribution in [0.15, 0.2) is 48.7 Å². The van der Waals surface area contributed by atoms with E-state index in [0.29, 0.717) is 30.5 Å². The highest BCUT2D eigenvalue weighted by Crippen LogP contribution is 2.28. The molecule has 1 fully saturated rings. The van der Waals surface area contributed by atoms with Gasteiger partial charge in [-0.2, -0.15) is 0 Å². The number of nitrogens with zero attached hydrogens (tertiary/aromatic N) is 2. The summed E-state index contributed by atoms with van der Waals surface area (Å²) in [7, 11) is 0. The zero-order chi connectivity index (χ0) is 17.7. The molecule has 0 spiro atoms. The Bertz CT molecular complexity index is 716. The van der Waals surface area contributed by atoms with Crippen LogP contribution in [0.1, 0.15) is 13.3 Å². The van der Waals surface area contributed by atoms with Crippen LogP contribution in [0.2, 0.25) is 0 Å². The van der Waals surface area contributed by atoms with E-state index in [-0.39, 0.29) is 42.7 Å². The molecule has 0 aliphatic carbocycles. The number of halogens is 2. The molecule has 6 nitrogen and oxygen atoms in total. The quantitative estimate of drug-likeness (QED) is 0.785. The second kappa shape index (κ2) is 10.3. The Morgan fingerprint density at radius 1 is 1.19 bits per heavy atom. The van der Waals surface area contributed by atoms with Crippen molar-refractivity contribution in [3.05, 3.63) is 48.7 Å². The topological polar surface area (TPSA) is 77.7 Å². The third-order valence-electron chi connectivity index (χ3n) is 4.45. The summed E-state index contributed by atoms with van der Waals surface area (Å²) in [6, 6.07) is 12.6. The number of benzene rings is 1. The molecule has 2 heterocycles. The third-order valence-corrected chi connectivity index (χ3v) is 4.45. The van der Waals surface area contributed by atoms with Crippen molar-refractivity contribution in [3.8, 4) is 17.4 Å². The van der Waals surface area contributed by atoms with Crippen LogP contribution in [-0.4, -0.2) is 42.0 Å². The zero-order valence-corrected chi connectivity index (χ0v) is 16.8. The minimum absolute atomic E-state index is 0. The molecular formula is C19H25Cl2N3O3. The highest BCUT2D eigenvalue weighted by molar-refractivity contribution is 5.85. The van der Waals surface area contributed by atoms with Crippen LogP contribution in [0.5, 0.6) is 17.4 Å². The van der Waals surface area contributed by atoms with Crippen molar-refractivity contribution in [2.75, 3.05) is 26.2 Å². The Kier molecular flexibility index (Phi) is 8.82. The van der Waals surface area contributed by atoms with Gasteiger partial charge in [-0.15, -0.1) is 24.8 Å². The molecule has 3 rings (SSSR count). The zero-order valence-electron chi connectivity index (χ0n) is 15.2. The van der Waals surface area contributed by atoms with Crippen molar-refractivity contribution in [3.63, 3.8) is 0 Å². The Morgan fingerprint density at radius 2 is 1.89 bits per heavy atom. The second-order valence-corrected chi connectivity index (χ2v) is 6.61. The van der Waals surface area contributed by atoms with Crippen LogP contribution in [0.3, 0.4) is 0 Å². The molecule has 8 heteroatoms. The van der Waals surface area contributed by atoms with E-state index >= 15 is 0 Å². The predicted molar refractivity (Wildman–Crippen MR) is 109 cm³/mol. The summed E-state index contributed by atoms with van der Waals surface area (Å²) in [4.78, 5) is 18.2. The van der Waals surface area contributed by atoms with Crippen LogP contribution < -0.4 is 15.2 Å². The fourth-order valence-corrected chi connectivity index (χ4v) is 2.77. The number of carbonyl (C=O) groups excluding carboxylic acids is 1. The molecule has 1 aliphatic rings.